The van der Waals surface area contributed by atoms with E-state index >= 15 is 0 Å². The summed E-state index contributed by atoms with van der Waals surface area (Å²) in [5, 5.41) is 10.2. The quantitative estimate of drug-likeness (QED) is 0.542. The zero-order valence-corrected chi connectivity index (χ0v) is 5.52. The minimum absolute atomic E-state index is 0.00958. The first kappa shape index (κ1) is 7.92. The van der Waals surface area contributed by atoms with Crippen molar-refractivity contribution in [3.8, 4) is 0 Å². The van der Waals surface area contributed by atoms with Gasteiger partial charge >= 0.3 is 0 Å². The average Bonchev–Trinajstić information content (AvgIpc) is 1.83. The van der Waals surface area contributed by atoms with Gasteiger partial charge in [-0.05, 0) is 6.42 Å². The summed E-state index contributed by atoms with van der Waals surface area (Å²) in [6.45, 7) is 2.60. The second-order valence-corrected chi connectivity index (χ2v) is 1.90. The van der Waals surface area contributed by atoms with E-state index in [1.54, 1.807) is 7.11 Å². The lowest BCUT2D eigenvalue weighted by Gasteiger charge is -2.06. The summed E-state index contributed by atoms with van der Waals surface area (Å²) in [7, 11) is 1.62. The van der Waals surface area contributed by atoms with Crippen LogP contribution in [-0.4, -0.2) is 20.3 Å². The van der Waals surface area contributed by atoms with Crippen LogP contribution in [0, 0.1) is 5.92 Å². The van der Waals surface area contributed by atoms with Crippen LogP contribution < -0.4 is 0 Å². The molecule has 0 bridgehead atoms. The highest BCUT2D eigenvalue weighted by atomic mass is 16.5. The van der Waals surface area contributed by atoms with E-state index in [0.717, 1.165) is 6.42 Å². The van der Waals surface area contributed by atoms with Gasteiger partial charge in [-0.15, -0.1) is 0 Å². The van der Waals surface area contributed by atoms with Gasteiger partial charge in [0.05, 0.1) is 13.2 Å². The zero-order valence-electron chi connectivity index (χ0n) is 5.52. The van der Waals surface area contributed by atoms with E-state index in [0.29, 0.717) is 6.61 Å². The molecule has 0 rings (SSSR count). The molecule has 0 aliphatic heterocycles. The number of hydrogen-bond donors (Lipinski definition) is 0. The first-order chi connectivity index (χ1) is 3.85. The highest BCUT2D eigenvalue weighted by Crippen LogP contribution is 1.99. The predicted molar refractivity (Wildman–Crippen MR) is 31.2 cm³/mol. The van der Waals surface area contributed by atoms with Crippen molar-refractivity contribution >= 4 is 0 Å². The van der Waals surface area contributed by atoms with E-state index in [1.165, 1.54) is 0 Å². The minimum atomic E-state index is -0.00958. The van der Waals surface area contributed by atoms with Crippen molar-refractivity contribution in [1.82, 2.24) is 0 Å². The highest BCUT2D eigenvalue weighted by molar-refractivity contribution is 4.50. The molecular weight excluding hydrogens is 104 g/mol. The van der Waals surface area contributed by atoms with Crippen molar-refractivity contribution in [3.05, 3.63) is 0 Å². The Hall–Kier alpha value is -0.0800. The van der Waals surface area contributed by atoms with Crippen molar-refractivity contribution in [1.29, 1.82) is 0 Å². The molecule has 0 amide bonds. The van der Waals surface area contributed by atoms with Crippen molar-refractivity contribution in [2.24, 2.45) is 5.92 Å². The summed E-state index contributed by atoms with van der Waals surface area (Å²) in [6.07, 6.45) is 0.928. The van der Waals surface area contributed by atoms with Crippen LogP contribution in [0.15, 0.2) is 0 Å². The van der Waals surface area contributed by atoms with E-state index < -0.39 is 0 Å². The molecule has 0 aliphatic carbocycles. The van der Waals surface area contributed by atoms with Crippen molar-refractivity contribution < 1.29 is 9.84 Å². The van der Waals surface area contributed by atoms with E-state index in [1.807, 2.05) is 6.92 Å². The maximum atomic E-state index is 10.2. The van der Waals surface area contributed by atoms with Gasteiger partial charge in [0, 0.05) is 13.0 Å². The molecule has 8 heavy (non-hydrogen) atoms. The maximum absolute atomic E-state index is 10.2. The molecule has 1 radical (unpaired) electrons. The molecular formula is C6H13O2. The second kappa shape index (κ2) is 5.06. The summed E-state index contributed by atoms with van der Waals surface area (Å²) < 4.78 is 4.79. The van der Waals surface area contributed by atoms with Crippen molar-refractivity contribution in [2.45, 2.75) is 13.3 Å². The lowest BCUT2D eigenvalue weighted by atomic mass is 10.1. The third kappa shape index (κ3) is 2.99. The first-order valence-corrected chi connectivity index (χ1v) is 2.92. The molecule has 0 aromatic carbocycles. The van der Waals surface area contributed by atoms with Gasteiger partial charge in [-0.3, -0.25) is 0 Å². The number of hydrogen-bond acceptors (Lipinski definition) is 1. The van der Waals surface area contributed by atoms with Gasteiger partial charge in [-0.1, -0.05) is 6.92 Å². The molecule has 0 N–H and O–H groups in total. The third-order valence-corrected chi connectivity index (χ3v) is 1.22. The van der Waals surface area contributed by atoms with Gasteiger partial charge in [0.1, 0.15) is 0 Å². The van der Waals surface area contributed by atoms with Crippen LogP contribution in [0.5, 0.6) is 0 Å². The molecule has 2 heteroatoms. The molecule has 0 fully saturated rings. The lowest BCUT2D eigenvalue weighted by molar-refractivity contribution is 0.0757. The molecule has 1 atom stereocenters. The summed E-state index contributed by atoms with van der Waals surface area (Å²) in [6, 6.07) is 0. The molecule has 49 valence electrons. The number of ether oxygens (including phenoxy) is 1. The van der Waals surface area contributed by atoms with Gasteiger partial charge < -0.3 is 4.74 Å². The molecule has 2 nitrogen and oxygen atoms in total. The molecule has 0 saturated carbocycles. The van der Waals surface area contributed by atoms with Crippen LogP contribution in [0.4, 0.5) is 0 Å². The van der Waals surface area contributed by atoms with Crippen molar-refractivity contribution in [3.63, 3.8) is 0 Å². The topological polar surface area (TPSA) is 29.1 Å². The summed E-state index contributed by atoms with van der Waals surface area (Å²) >= 11 is 0. The van der Waals surface area contributed by atoms with Crippen LogP contribution >= 0.6 is 0 Å². The summed E-state index contributed by atoms with van der Waals surface area (Å²) in [4.78, 5) is 0. The fourth-order valence-electron chi connectivity index (χ4n) is 0.520. The van der Waals surface area contributed by atoms with Crippen LogP contribution in [-0.2, 0) is 9.84 Å². The first-order valence-electron chi connectivity index (χ1n) is 2.92. The zero-order chi connectivity index (χ0) is 6.41. The Morgan fingerprint density at radius 3 is 2.38 bits per heavy atom. The second-order valence-electron chi connectivity index (χ2n) is 1.90. The SMILES string of the molecule is CCC(C[O])COC. The Bertz CT molecular complexity index is 41.8. The minimum Gasteiger partial charge on any atom is -0.384 e. The molecule has 0 aromatic rings. The van der Waals surface area contributed by atoms with Crippen LogP contribution in [0.1, 0.15) is 13.3 Å². The maximum Gasteiger partial charge on any atom is 0.0872 e. The Labute approximate surface area is 50.5 Å². The Kier molecular flexibility index (Phi) is 5.01. The van der Waals surface area contributed by atoms with E-state index in [4.69, 9.17) is 4.74 Å². The summed E-state index contributed by atoms with van der Waals surface area (Å²) in [5.74, 6) is 0.222. The molecule has 0 heterocycles. The largest absolute Gasteiger partial charge is 0.384 e. The Morgan fingerprint density at radius 1 is 1.62 bits per heavy atom. The monoisotopic (exact) mass is 117 g/mol. The molecule has 0 aliphatic rings. The molecule has 0 saturated heterocycles. The van der Waals surface area contributed by atoms with E-state index in [9.17, 15) is 5.11 Å². The van der Waals surface area contributed by atoms with Gasteiger partial charge in [0.25, 0.3) is 0 Å². The van der Waals surface area contributed by atoms with Crippen LogP contribution in [0.2, 0.25) is 0 Å². The molecule has 1 unspecified atom stereocenters. The lowest BCUT2D eigenvalue weighted by Crippen LogP contribution is -2.09. The third-order valence-electron chi connectivity index (χ3n) is 1.22. The smallest absolute Gasteiger partial charge is 0.0872 e. The van der Waals surface area contributed by atoms with Crippen molar-refractivity contribution in [2.75, 3.05) is 20.3 Å². The highest BCUT2D eigenvalue weighted by Gasteiger charge is 2.02. The van der Waals surface area contributed by atoms with Gasteiger partial charge in [-0.25, -0.2) is 5.11 Å². The van der Waals surface area contributed by atoms with Gasteiger partial charge in [0.2, 0.25) is 0 Å². The Balaban J connectivity index is 3.07. The van der Waals surface area contributed by atoms with Crippen LogP contribution in [0.25, 0.3) is 0 Å². The van der Waals surface area contributed by atoms with E-state index in [2.05, 4.69) is 0 Å². The number of rotatable bonds is 4. The predicted octanol–water partition coefficient (Wildman–Crippen LogP) is 1.09. The normalized spacial score (nSPS) is 13.9. The summed E-state index contributed by atoms with van der Waals surface area (Å²) in [5.41, 5.74) is 0. The van der Waals surface area contributed by atoms with Crippen LogP contribution in [0.3, 0.4) is 0 Å². The van der Waals surface area contributed by atoms with Gasteiger partial charge in [0.15, 0.2) is 0 Å². The molecule has 0 spiro atoms. The standard InChI is InChI=1S/C6H13O2/c1-3-6(4-7)5-8-2/h6H,3-5H2,1-2H3. The fraction of sp³-hybridized carbons (Fsp3) is 1.00. The molecule has 0 aromatic heterocycles. The fourth-order valence-corrected chi connectivity index (χ4v) is 0.520. The number of methoxy groups -OCH3 is 1. The Morgan fingerprint density at radius 2 is 2.25 bits per heavy atom. The average molecular weight is 117 g/mol. The van der Waals surface area contributed by atoms with Gasteiger partial charge in [-0.2, -0.15) is 0 Å². The van der Waals surface area contributed by atoms with E-state index in [-0.39, 0.29) is 12.5 Å².